The highest BCUT2D eigenvalue weighted by atomic mass is 16.5. The zero-order valence-electron chi connectivity index (χ0n) is 32.8. The molecule has 49 heavy (non-hydrogen) atoms. The molecule has 2 atom stereocenters. The summed E-state index contributed by atoms with van der Waals surface area (Å²) in [6.45, 7) is 6.86. The van der Waals surface area contributed by atoms with E-state index < -0.39 is 6.04 Å². The van der Waals surface area contributed by atoms with Crippen LogP contribution in [0.2, 0.25) is 0 Å². The van der Waals surface area contributed by atoms with Crippen LogP contribution in [0.3, 0.4) is 0 Å². The van der Waals surface area contributed by atoms with Gasteiger partial charge in [0.15, 0.2) is 0 Å². The van der Waals surface area contributed by atoms with Crippen LogP contribution in [-0.2, 0) is 19.1 Å². The molecular weight excluding hydrogens is 614 g/mol. The van der Waals surface area contributed by atoms with Crippen LogP contribution >= 0.6 is 0 Å². The second kappa shape index (κ2) is 30.0. The van der Waals surface area contributed by atoms with Crippen molar-refractivity contribution in [2.45, 2.75) is 199 Å². The monoisotopic (exact) mass is 695 g/mol. The minimum atomic E-state index is -0.622. The number of quaternary nitrogens is 1. The topological polar surface area (TPSA) is 95.9 Å². The zero-order valence-corrected chi connectivity index (χ0v) is 32.8. The molecule has 1 saturated heterocycles. The second-order valence-electron chi connectivity index (χ2n) is 15.6. The molecule has 0 aromatic rings. The van der Waals surface area contributed by atoms with Crippen LogP contribution in [0.1, 0.15) is 187 Å². The van der Waals surface area contributed by atoms with Crippen LogP contribution in [-0.4, -0.2) is 91.3 Å². The van der Waals surface area contributed by atoms with E-state index in [2.05, 4.69) is 33.3 Å². The molecule has 1 rings (SSSR count). The van der Waals surface area contributed by atoms with Gasteiger partial charge in [0, 0.05) is 38.3 Å². The Bertz CT molecular complexity index is 836. The molecular formula is C41H80N3O5+. The maximum absolute atomic E-state index is 13.4. The third-order valence-corrected chi connectivity index (χ3v) is 10.4. The lowest BCUT2D eigenvalue weighted by Gasteiger charge is -2.28. The molecule has 0 aromatic carbocycles. The number of likely N-dealkylation sites (N-methyl/N-ethyl adjacent to an activating group) is 1. The summed E-state index contributed by atoms with van der Waals surface area (Å²) in [6, 6.07) is -0.860. The Morgan fingerprint density at radius 2 is 1.12 bits per heavy atom. The number of nitrogens with one attached hydrogen (secondary N) is 1. The Morgan fingerprint density at radius 1 is 0.653 bits per heavy atom. The average molecular weight is 695 g/mol. The summed E-state index contributed by atoms with van der Waals surface area (Å²) in [5.74, 6) is -0.365. The first-order valence-corrected chi connectivity index (χ1v) is 20.9. The molecule has 1 aliphatic heterocycles. The Morgan fingerprint density at radius 3 is 1.61 bits per heavy atom. The summed E-state index contributed by atoms with van der Waals surface area (Å²) in [7, 11) is 4.11. The lowest BCUT2D eigenvalue weighted by molar-refractivity contribution is -0.890. The third kappa shape index (κ3) is 24.2. The summed E-state index contributed by atoms with van der Waals surface area (Å²) >= 11 is 0. The normalized spacial score (nSPS) is 16.3. The van der Waals surface area contributed by atoms with Gasteiger partial charge in [0.05, 0.1) is 33.9 Å². The number of likely N-dealkylation sites (tertiary alicyclic amines) is 1. The van der Waals surface area contributed by atoms with Crippen LogP contribution in [0.15, 0.2) is 0 Å². The van der Waals surface area contributed by atoms with Crippen LogP contribution in [0.4, 0.5) is 0 Å². The SMILES string of the molecule is CCCCCCCCCCCCCCOC(=O)[C@@H]1C[C@@H](NC(=O)CCC[N+](C)(C)CCO)CN1C(=O)CCCCCCCCCCCCC. The first-order chi connectivity index (χ1) is 23.7. The minimum Gasteiger partial charge on any atom is -0.464 e. The van der Waals surface area contributed by atoms with Crippen molar-refractivity contribution in [3.8, 4) is 0 Å². The van der Waals surface area contributed by atoms with Gasteiger partial charge in [0.2, 0.25) is 11.8 Å². The van der Waals surface area contributed by atoms with E-state index in [9.17, 15) is 19.5 Å². The number of unbranched alkanes of at least 4 members (excludes halogenated alkanes) is 21. The highest BCUT2D eigenvalue weighted by Gasteiger charge is 2.40. The van der Waals surface area contributed by atoms with Gasteiger partial charge in [-0.1, -0.05) is 149 Å². The molecule has 0 bridgehead atoms. The highest BCUT2D eigenvalue weighted by Crippen LogP contribution is 2.23. The molecule has 8 heteroatoms. The number of nitrogens with zero attached hydrogens (tertiary/aromatic N) is 2. The van der Waals surface area contributed by atoms with E-state index in [1.165, 1.54) is 116 Å². The van der Waals surface area contributed by atoms with Gasteiger partial charge in [-0.2, -0.15) is 0 Å². The van der Waals surface area contributed by atoms with Gasteiger partial charge in [-0.25, -0.2) is 4.79 Å². The summed E-state index contributed by atoms with van der Waals surface area (Å²) in [4.78, 5) is 41.1. The van der Waals surface area contributed by atoms with E-state index in [1.807, 2.05) is 0 Å². The predicted octanol–water partition coefficient (Wildman–Crippen LogP) is 8.87. The molecule has 0 aromatic heterocycles. The van der Waals surface area contributed by atoms with Crippen molar-refractivity contribution in [1.82, 2.24) is 10.2 Å². The predicted molar refractivity (Wildman–Crippen MR) is 203 cm³/mol. The summed E-state index contributed by atoms with van der Waals surface area (Å²) in [5.41, 5.74) is 0. The standard InChI is InChI=1S/C41H79N3O5/c1-5-7-9-11-13-15-17-19-21-23-25-27-34-49-41(48)38-35-37(42-39(46)29-28-31-44(3,4)32-33-45)36-43(38)40(47)30-26-24-22-20-18-16-14-12-10-8-6-2/h37-38,45H,5-36H2,1-4H3/p+1/t37-,38+/m1/s1. The highest BCUT2D eigenvalue weighted by molar-refractivity contribution is 5.86. The van der Waals surface area contributed by atoms with Crippen molar-refractivity contribution < 1.29 is 28.7 Å². The maximum Gasteiger partial charge on any atom is 0.328 e. The van der Waals surface area contributed by atoms with Crippen LogP contribution in [0.5, 0.6) is 0 Å². The van der Waals surface area contributed by atoms with Crippen molar-refractivity contribution in [3.63, 3.8) is 0 Å². The molecule has 0 unspecified atom stereocenters. The van der Waals surface area contributed by atoms with Crippen LogP contribution < -0.4 is 5.32 Å². The largest absolute Gasteiger partial charge is 0.464 e. The van der Waals surface area contributed by atoms with Gasteiger partial charge >= 0.3 is 5.97 Å². The van der Waals surface area contributed by atoms with E-state index in [0.717, 1.165) is 45.1 Å². The Hall–Kier alpha value is -1.67. The molecule has 2 N–H and O–H groups in total. The quantitative estimate of drug-likeness (QED) is 0.0407. The smallest absolute Gasteiger partial charge is 0.328 e. The Labute approximate surface area is 302 Å². The molecule has 288 valence electrons. The molecule has 8 nitrogen and oxygen atoms in total. The van der Waals surface area contributed by atoms with E-state index in [0.29, 0.717) is 43.4 Å². The van der Waals surface area contributed by atoms with Gasteiger partial charge in [0.1, 0.15) is 12.6 Å². The first kappa shape index (κ1) is 45.4. The van der Waals surface area contributed by atoms with E-state index in [4.69, 9.17) is 4.74 Å². The van der Waals surface area contributed by atoms with Gasteiger partial charge in [-0.05, 0) is 12.8 Å². The third-order valence-electron chi connectivity index (χ3n) is 10.4. The molecule has 0 radical (unpaired) electrons. The Balaban J connectivity index is 2.45. The number of rotatable bonds is 33. The van der Waals surface area contributed by atoms with Gasteiger partial charge in [-0.3, -0.25) is 9.59 Å². The average Bonchev–Trinajstić information content (AvgIpc) is 3.49. The van der Waals surface area contributed by atoms with Gasteiger partial charge in [0.25, 0.3) is 0 Å². The molecule has 0 aliphatic carbocycles. The van der Waals surface area contributed by atoms with Crippen molar-refractivity contribution in [3.05, 3.63) is 0 Å². The summed E-state index contributed by atoms with van der Waals surface area (Å²) in [6.07, 6.45) is 30.6. The van der Waals surface area contributed by atoms with Crippen LogP contribution in [0, 0.1) is 0 Å². The molecule has 0 saturated carbocycles. The fraction of sp³-hybridized carbons (Fsp3) is 0.927. The Kier molecular flexibility index (Phi) is 27.8. The number of hydrogen-bond acceptors (Lipinski definition) is 5. The second-order valence-corrected chi connectivity index (χ2v) is 15.6. The number of carbonyl (C=O) groups is 3. The maximum atomic E-state index is 13.4. The number of aliphatic hydroxyl groups is 1. The summed E-state index contributed by atoms with van der Waals surface area (Å²) < 4.78 is 6.39. The van der Waals surface area contributed by atoms with E-state index in [-0.39, 0.29) is 30.4 Å². The van der Waals surface area contributed by atoms with Crippen molar-refractivity contribution >= 4 is 17.8 Å². The minimum absolute atomic E-state index is 0.00281. The van der Waals surface area contributed by atoms with Gasteiger partial charge in [-0.15, -0.1) is 0 Å². The molecule has 1 aliphatic rings. The van der Waals surface area contributed by atoms with Gasteiger partial charge < -0.3 is 24.5 Å². The summed E-state index contributed by atoms with van der Waals surface area (Å²) in [5, 5.41) is 12.4. The fourth-order valence-corrected chi connectivity index (χ4v) is 7.09. The fourth-order valence-electron chi connectivity index (χ4n) is 7.09. The lowest BCUT2D eigenvalue weighted by Crippen LogP contribution is -2.43. The lowest BCUT2D eigenvalue weighted by atomic mass is 10.0. The number of ether oxygens (including phenoxy) is 1. The zero-order chi connectivity index (χ0) is 36.0. The number of esters is 1. The van der Waals surface area contributed by atoms with Crippen molar-refractivity contribution in [1.29, 1.82) is 0 Å². The molecule has 1 heterocycles. The van der Waals surface area contributed by atoms with E-state index >= 15 is 0 Å². The van der Waals surface area contributed by atoms with Crippen molar-refractivity contribution in [2.24, 2.45) is 0 Å². The van der Waals surface area contributed by atoms with Crippen LogP contribution in [0.25, 0.3) is 0 Å². The first-order valence-electron chi connectivity index (χ1n) is 20.9. The number of amides is 2. The molecule has 0 spiro atoms. The molecule has 2 amide bonds. The number of hydrogen-bond donors (Lipinski definition) is 2. The van der Waals surface area contributed by atoms with E-state index in [1.54, 1.807) is 4.90 Å². The molecule has 1 fully saturated rings. The number of carbonyl (C=O) groups excluding carboxylic acids is 3. The number of aliphatic hydroxyl groups excluding tert-OH is 1. The van der Waals surface area contributed by atoms with Crippen molar-refractivity contribution in [2.75, 3.05) is 46.9 Å².